The van der Waals surface area contributed by atoms with Crippen LogP contribution in [0.25, 0.3) is 0 Å². The van der Waals surface area contributed by atoms with Crippen molar-refractivity contribution in [3.05, 3.63) is 17.0 Å². The second-order valence-corrected chi connectivity index (χ2v) is 8.85. The molecule has 4 rings (SSSR count). The van der Waals surface area contributed by atoms with E-state index in [0.29, 0.717) is 11.3 Å². The van der Waals surface area contributed by atoms with Crippen molar-refractivity contribution >= 4 is 0 Å². The van der Waals surface area contributed by atoms with Gasteiger partial charge in [-0.3, -0.25) is 9.58 Å². The Hall–Kier alpha value is -0.950. The van der Waals surface area contributed by atoms with Crippen molar-refractivity contribution in [2.45, 2.75) is 64.1 Å². The first-order valence-electron chi connectivity index (χ1n) is 10.8. The van der Waals surface area contributed by atoms with Crippen LogP contribution in [0.5, 0.6) is 0 Å². The highest BCUT2D eigenvalue weighted by atomic mass is 16.5. The standard InChI is InChI=1S/C21H36N4O2/c1-22-9-10-24(2)14-18-20(19-15-26-13-11-25(19)23-18)17-4-7-21(8-5-17)6-3-12-27-16-21/h17,22H,3-16H2,1-2H3/t17-,21-. The van der Waals surface area contributed by atoms with Crippen molar-refractivity contribution in [3.63, 3.8) is 0 Å². The molecule has 1 spiro atoms. The number of hydrogen-bond acceptors (Lipinski definition) is 5. The smallest absolute Gasteiger partial charge is 0.0888 e. The van der Waals surface area contributed by atoms with Gasteiger partial charge in [0.25, 0.3) is 0 Å². The number of rotatable bonds is 6. The predicted molar refractivity (Wildman–Crippen MR) is 106 cm³/mol. The highest BCUT2D eigenvalue weighted by Crippen LogP contribution is 2.48. The second kappa shape index (κ2) is 8.60. The lowest BCUT2D eigenvalue weighted by molar-refractivity contribution is -0.0310. The molecule has 27 heavy (non-hydrogen) atoms. The van der Waals surface area contributed by atoms with Gasteiger partial charge in [-0.05, 0) is 64.0 Å². The monoisotopic (exact) mass is 376 g/mol. The van der Waals surface area contributed by atoms with Gasteiger partial charge in [-0.2, -0.15) is 5.10 Å². The predicted octanol–water partition coefficient (Wildman–Crippen LogP) is 2.52. The third-order valence-electron chi connectivity index (χ3n) is 6.88. The number of aromatic nitrogens is 2. The number of nitrogens with one attached hydrogen (secondary N) is 1. The lowest BCUT2D eigenvalue weighted by Gasteiger charge is -2.43. The molecule has 1 N–H and O–H groups in total. The number of hydrogen-bond donors (Lipinski definition) is 1. The number of fused-ring (bicyclic) bond motifs is 1. The number of nitrogens with zero attached hydrogens (tertiary/aromatic N) is 3. The van der Waals surface area contributed by atoms with Crippen LogP contribution in [-0.4, -0.2) is 61.7 Å². The minimum absolute atomic E-state index is 0.461. The van der Waals surface area contributed by atoms with Crippen LogP contribution >= 0.6 is 0 Å². The molecule has 6 nitrogen and oxygen atoms in total. The molecule has 0 atom stereocenters. The van der Waals surface area contributed by atoms with Gasteiger partial charge in [-0.15, -0.1) is 0 Å². The van der Waals surface area contributed by atoms with E-state index in [0.717, 1.165) is 52.6 Å². The molecule has 1 saturated carbocycles. The third kappa shape index (κ3) is 4.24. The molecule has 0 unspecified atom stereocenters. The van der Waals surface area contributed by atoms with Gasteiger partial charge in [0.15, 0.2) is 0 Å². The molecule has 0 bridgehead atoms. The van der Waals surface area contributed by atoms with Crippen molar-refractivity contribution in [3.8, 4) is 0 Å². The van der Waals surface area contributed by atoms with Gasteiger partial charge in [-0.1, -0.05) is 0 Å². The van der Waals surface area contributed by atoms with Crippen LogP contribution in [-0.2, 0) is 29.2 Å². The molecule has 3 heterocycles. The van der Waals surface area contributed by atoms with Gasteiger partial charge in [-0.25, -0.2) is 0 Å². The molecule has 0 amide bonds. The quantitative estimate of drug-likeness (QED) is 0.827. The maximum absolute atomic E-state index is 5.84. The summed E-state index contributed by atoms with van der Waals surface area (Å²) in [7, 11) is 4.21. The van der Waals surface area contributed by atoms with Gasteiger partial charge >= 0.3 is 0 Å². The third-order valence-corrected chi connectivity index (χ3v) is 6.88. The summed E-state index contributed by atoms with van der Waals surface area (Å²) < 4.78 is 13.9. The Kier molecular flexibility index (Phi) is 6.17. The van der Waals surface area contributed by atoms with E-state index in [1.54, 1.807) is 0 Å². The Bertz CT molecular complexity index is 614. The molecule has 3 aliphatic rings. The van der Waals surface area contributed by atoms with E-state index in [-0.39, 0.29) is 0 Å². The lowest BCUT2D eigenvalue weighted by Crippen LogP contribution is -2.35. The zero-order chi connectivity index (χ0) is 18.7. The molecule has 2 fully saturated rings. The molecule has 152 valence electrons. The summed E-state index contributed by atoms with van der Waals surface area (Å²) in [5.41, 5.74) is 4.61. The Morgan fingerprint density at radius 1 is 1.22 bits per heavy atom. The average molecular weight is 377 g/mol. The van der Waals surface area contributed by atoms with E-state index >= 15 is 0 Å². The largest absolute Gasteiger partial charge is 0.381 e. The minimum atomic E-state index is 0.461. The Labute approximate surface area is 163 Å². The first kappa shape index (κ1) is 19.4. The summed E-state index contributed by atoms with van der Waals surface area (Å²) >= 11 is 0. The summed E-state index contributed by atoms with van der Waals surface area (Å²) in [5, 5.41) is 8.27. The van der Waals surface area contributed by atoms with Crippen molar-refractivity contribution in [1.29, 1.82) is 0 Å². The highest BCUT2D eigenvalue weighted by Gasteiger charge is 2.39. The zero-order valence-electron chi connectivity index (χ0n) is 17.1. The molecule has 6 heteroatoms. The minimum Gasteiger partial charge on any atom is -0.381 e. The van der Waals surface area contributed by atoms with E-state index < -0.39 is 0 Å². The van der Waals surface area contributed by atoms with E-state index in [2.05, 4.69) is 21.9 Å². The second-order valence-electron chi connectivity index (χ2n) is 8.85. The molecular weight excluding hydrogens is 340 g/mol. The lowest BCUT2D eigenvalue weighted by atomic mass is 9.66. The van der Waals surface area contributed by atoms with Crippen molar-refractivity contribution in [1.82, 2.24) is 20.0 Å². The first-order chi connectivity index (χ1) is 13.2. The number of ether oxygens (including phenoxy) is 2. The molecule has 1 aromatic rings. The Morgan fingerprint density at radius 2 is 2.07 bits per heavy atom. The molecule has 2 aliphatic heterocycles. The van der Waals surface area contributed by atoms with Crippen molar-refractivity contribution in [2.24, 2.45) is 5.41 Å². The fourth-order valence-corrected chi connectivity index (χ4v) is 5.27. The Balaban J connectivity index is 1.51. The summed E-state index contributed by atoms with van der Waals surface area (Å²) in [5.74, 6) is 0.635. The Morgan fingerprint density at radius 3 is 2.81 bits per heavy atom. The van der Waals surface area contributed by atoms with Gasteiger partial charge in [0, 0.05) is 31.8 Å². The van der Waals surface area contributed by atoms with E-state index in [4.69, 9.17) is 14.6 Å². The van der Waals surface area contributed by atoms with Crippen LogP contribution in [0.15, 0.2) is 0 Å². The van der Waals surface area contributed by atoms with E-state index in [1.807, 2.05) is 7.05 Å². The van der Waals surface area contributed by atoms with Gasteiger partial charge in [0.1, 0.15) is 0 Å². The van der Waals surface area contributed by atoms with Crippen LogP contribution in [0.4, 0.5) is 0 Å². The summed E-state index contributed by atoms with van der Waals surface area (Å²) in [6, 6.07) is 0. The van der Waals surface area contributed by atoms with Crippen LogP contribution in [0.1, 0.15) is 61.4 Å². The maximum atomic E-state index is 5.84. The van der Waals surface area contributed by atoms with Gasteiger partial charge < -0.3 is 14.8 Å². The average Bonchev–Trinajstić information content (AvgIpc) is 3.05. The summed E-state index contributed by atoms with van der Waals surface area (Å²) in [6.45, 7) is 7.34. The van der Waals surface area contributed by atoms with Gasteiger partial charge in [0.05, 0.1) is 37.8 Å². The van der Waals surface area contributed by atoms with E-state index in [1.165, 1.54) is 55.5 Å². The molecule has 0 aromatic carbocycles. The molecule has 1 aliphatic carbocycles. The van der Waals surface area contributed by atoms with Gasteiger partial charge in [0.2, 0.25) is 0 Å². The highest BCUT2D eigenvalue weighted by molar-refractivity contribution is 5.31. The van der Waals surface area contributed by atoms with Crippen molar-refractivity contribution < 1.29 is 9.47 Å². The van der Waals surface area contributed by atoms with E-state index in [9.17, 15) is 0 Å². The zero-order valence-corrected chi connectivity index (χ0v) is 17.1. The van der Waals surface area contributed by atoms with Crippen molar-refractivity contribution in [2.75, 3.05) is 47.0 Å². The SMILES string of the molecule is CNCCN(C)Cc1nn2c(c1[C@H]1CC[C@@]3(CCCOC3)CC1)COCC2. The molecule has 1 aromatic heterocycles. The van der Waals surface area contributed by atoms with Crippen LogP contribution in [0.3, 0.4) is 0 Å². The number of likely N-dealkylation sites (N-methyl/N-ethyl adjacent to an activating group) is 2. The normalized spacial score (nSPS) is 28.6. The molecular formula is C21H36N4O2. The fraction of sp³-hybridized carbons (Fsp3) is 0.857. The fourth-order valence-electron chi connectivity index (χ4n) is 5.27. The molecule has 0 radical (unpaired) electrons. The molecule has 1 saturated heterocycles. The topological polar surface area (TPSA) is 51.6 Å². The summed E-state index contributed by atoms with van der Waals surface area (Å²) in [6.07, 6.45) is 7.75. The van der Waals surface area contributed by atoms with Crippen LogP contribution < -0.4 is 5.32 Å². The van der Waals surface area contributed by atoms with Crippen LogP contribution in [0.2, 0.25) is 0 Å². The van der Waals surface area contributed by atoms with Crippen LogP contribution in [0, 0.1) is 5.41 Å². The first-order valence-corrected chi connectivity index (χ1v) is 10.8. The maximum Gasteiger partial charge on any atom is 0.0888 e. The summed E-state index contributed by atoms with van der Waals surface area (Å²) in [4.78, 5) is 2.38.